The number of thioether (sulfide) groups is 1. The Balaban J connectivity index is 1.53. The number of rotatable bonds is 5. The van der Waals surface area contributed by atoms with Gasteiger partial charge in [-0.05, 0) is 38.5 Å². The number of para-hydroxylation sites is 1. The highest BCUT2D eigenvalue weighted by molar-refractivity contribution is 7.99. The van der Waals surface area contributed by atoms with E-state index in [-0.39, 0.29) is 28.5 Å². The van der Waals surface area contributed by atoms with Crippen LogP contribution < -0.4 is 16.4 Å². The number of carbonyl (C=O) groups excluding carboxylic acids is 1. The zero-order valence-corrected chi connectivity index (χ0v) is 19.1. The van der Waals surface area contributed by atoms with Gasteiger partial charge in [-0.2, -0.15) is 0 Å². The highest BCUT2D eigenvalue weighted by atomic mass is 32.2. The number of H-pyrrole nitrogens is 1. The minimum absolute atomic E-state index is 0.0108. The highest BCUT2D eigenvalue weighted by Crippen LogP contribution is 2.27. The van der Waals surface area contributed by atoms with Crippen LogP contribution in [0.1, 0.15) is 16.1 Å². The lowest BCUT2D eigenvalue weighted by atomic mass is 10.2. The first-order valence-electron chi connectivity index (χ1n) is 9.54. The number of benzene rings is 1. The molecule has 0 spiro atoms. The van der Waals surface area contributed by atoms with Gasteiger partial charge in [0.25, 0.3) is 11.1 Å². The van der Waals surface area contributed by atoms with Gasteiger partial charge in [0, 0.05) is 11.9 Å². The number of amides is 1. The van der Waals surface area contributed by atoms with Crippen molar-refractivity contribution in [3.63, 3.8) is 0 Å². The van der Waals surface area contributed by atoms with E-state index in [0.717, 1.165) is 22.2 Å². The van der Waals surface area contributed by atoms with Crippen LogP contribution in [0.5, 0.6) is 0 Å². The lowest BCUT2D eigenvalue weighted by Gasteiger charge is -2.07. The monoisotopic (exact) mass is 455 g/mol. The minimum Gasteiger partial charge on any atom is -0.319 e. The normalized spacial score (nSPS) is 11.2. The van der Waals surface area contributed by atoms with Crippen molar-refractivity contribution < 1.29 is 4.79 Å². The van der Waals surface area contributed by atoms with Crippen LogP contribution in [0.4, 0.5) is 5.69 Å². The van der Waals surface area contributed by atoms with Gasteiger partial charge in [-0.3, -0.25) is 19.1 Å². The Morgan fingerprint density at radius 3 is 2.61 bits per heavy atom. The van der Waals surface area contributed by atoms with Gasteiger partial charge in [0.05, 0.1) is 22.5 Å². The third-order valence-corrected chi connectivity index (χ3v) is 7.15. The fraction of sp³-hybridized carbons (Fsp3) is 0.238. The molecule has 0 aliphatic carbocycles. The second-order valence-corrected chi connectivity index (χ2v) is 9.28. The molecule has 4 rings (SSSR count). The fourth-order valence-electron chi connectivity index (χ4n) is 3.33. The van der Waals surface area contributed by atoms with E-state index in [9.17, 15) is 14.4 Å². The number of hydrogen-bond acceptors (Lipinski definition) is 6. The van der Waals surface area contributed by atoms with Crippen molar-refractivity contribution in [3.05, 3.63) is 67.2 Å². The number of thiophene rings is 1. The van der Waals surface area contributed by atoms with Crippen molar-refractivity contribution in [1.82, 2.24) is 19.3 Å². The number of fused-ring (bicyclic) bond motifs is 1. The Morgan fingerprint density at radius 1 is 1.19 bits per heavy atom. The first-order chi connectivity index (χ1) is 14.8. The topological polar surface area (TPSA) is 102 Å². The molecule has 10 heteroatoms. The summed E-state index contributed by atoms with van der Waals surface area (Å²) in [5.41, 5.74) is 2.01. The number of anilines is 1. The van der Waals surface area contributed by atoms with Crippen LogP contribution in [0, 0.1) is 20.8 Å². The van der Waals surface area contributed by atoms with Crippen molar-refractivity contribution in [2.45, 2.75) is 25.9 Å². The molecule has 4 aromatic rings. The van der Waals surface area contributed by atoms with Crippen LogP contribution in [0.3, 0.4) is 0 Å². The van der Waals surface area contributed by atoms with E-state index in [2.05, 4.69) is 15.3 Å². The molecule has 3 heterocycles. The predicted octanol–water partition coefficient (Wildman–Crippen LogP) is 3.13. The molecule has 8 nitrogen and oxygen atoms in total. The number of carbonyl (C=O) groups is 1. The van der Waals surface area contributed by atoms with Gasteiger partial charge in [-0.25, -0.2) is 9.67 Å². The Kier molecular flexibility index (Phi) is 5.59. The second kappa shape index (κ2) is 8.20. The zero-order valence-electron chi connectivity index (χ0n) is 17.5. The SMILES string of the molecule is Cc1sc2nc(SCC(=O)Nc3c(C)n(C)n(-c4ccccc4)c3=O)[nH]c(=O)c2c1C. The number of aromatic amines is 1. The first kappa shape index (κ1) is 21.1. The predicted molar refractivity (Wildman–Crippen MR) is 125 cm³/mol. The molecule has 31 heavy (non-hydrogen) atoms. The van der Waals surface area contributed by atoms with Crippen LogP contribution in [-0.2, 0) is 11.8 Å². The van der Waals surface area contributed by atoms with Gasteiger partial charge >= 0.3 is 0 Å². The third-order valence-electron chi connectivity index (χ3n) is 5.18. The highest BCUT2D eigenvalue weighted by Gasteiger charge is 2.19. The Bertz CT molecular complexity index is 1410. The molecule has 0 bridgehead atoms. The molecule has 0 aliphatic rings. The van der Waals surface area contributed by atoms with Crippen LogP contribution in [0.25, 0.3) is 15.9 Å². The van der Waals surface area contributed by atoms with Crippen molar-refractivity contribution >= 4 is 44.9 Å². The molecule has 0 saturated heterocycles. The number of hydrogen-bond donors (Lipinski definition) is 2. The second-order valence-electron chi connectivity index (χ2n) is 7.11. The minimum atomic E-state index is -0.350. The van der Waals surface area contributed by atoms with Gasteiger partial charge in [-0.1, -0.05) is 30.0 Å². The summed E-state index contributed by atoms with van der Waals surface area (Å²) >= 11 is 2.58. The average Bonchev–Trinajstić information content (AvgIpc) is 3.14. The number of nitrogens with one attached hydrogen (secondary N) is 2. The maximum atomic E-state index is 12.9. The molecule has 0 fully saturated rings. The van der Waals surface area contributed by atoms with E-state index in [1.165, 1.54) is 16.0 Å². The summed E-state index contributed by atoms with van der Waals surface area (Å²) in [7, 11) is 1.77. The maximum Gasteiger partial charge on any atom is 0.295 e. The van der Waals surface area contributed by atoms with E-state index < -0.39 is 0 Å². The largest absolute Gasteiger partial charge is 0.319 e. The molecule has 0 aliphatic heterocycles. The third kappa shape index (κ3) is 3.84. The molecule has 0 atom stereocenters. The summed E-state index contributed by atoms with van der Waals surface area (Å²) in [6, 6.07) is 9.22. The zero-order chi connectivity index (χ0) is 22.3. The van der Waals surface area contributed by atoms with Crippen LogP contribution in [0.2, 0.25) is 0 Å². The van der Waals surface area contributed by atoms with Gasteiger partial charge < -0.3 is 10.3 Å². The Hall–Kier alpha value is -3.11. The van der Waals surface area contributed by atoms with E-state index >= 15 is 0 Å². The summed E-state index contributed by atoms with van der Waals surface area (Å²) in [5.74, 6) is -0.339. The molecule has 0 radical (unpaired) electrons. The standard InChI is InChI=1S/C21H21N5O3S2/c1-11-13(3)31-19-16(11)18(28)23-21(24-19)30-10-15(27)22-17-12(2)25(4)26(20(17)29)14-8-6-5-7-9-14/h5-9H,10H2,1-4H3,(H,22,27)(H,23,24,28). The summed E-state index contributed by atoms with van der Waals surface area (Å²) in [6.07, 6.45) is 0. The van der Waals surface area contributed by atoms with Crippen LogP contribution >= 0.6 is 23.1 Å². The lowest BCUT2D eigenvalue weighted by molar-refractivity contribution is -0.113. The van der Waals surface area contributed by atoms with Gasteiger partial charge in [0.15, 0.2) is 5.16 Å². The van der Waals surface area contributed by atoms with Crippen molar-refractivity contribution in [2.75, 3.05) is 11.1 Å². The van der Waals surface area contributed by atoms with Gasteiger partial charge in [0.1, 0.15) is 10.5 Å². The maximum absolute atomic E-state index is 12.9. The molecule has 1 amide bonds. The number of aryl methyl sites for hydroxylation is 2. The van der Waals surface area contributed by atoms with Crippen molar-refractivity contribution in [1.29, 1.82) is 0 Å². The summed E-state index contributed by atoms with van der Waals surface area (Å²) in [6.45, 7) is 5.62. The molecule has 1 aromatic carbocycles. The number of nitrogens with zero attached hydrogens (tertiary/aromatic N) is 3. The molecule has 0 unspecified atom stereocenters. The Morgan fingerprint density at radius 2 is 1.90 bits per heavy atom. The summed E-state index contributed by atoms with van der Waals surface area (Å²) in [5, 5.41) is 3.68. The summed E-state index contributed by atoms with van der Waals surface area (Å²) < 4.78 is 3.21. The fourth-order valence-corrected chi connectivity index (χ4v) is 5.07. The average molecular weight is 456 g/mol. The lowest BCUT2D eigenvalue weighted by Crippen LogP contribution is -2.23. The van der Waals surface area contributed by atoms with E-state index in [1.54, 1.807) is 18.7 Å². The van der Waals surface area contributed by atoms with E-state index in [1.807, 2.05) is 44.2 Å². The molecule has 2 N–H and O–H groups in total. The molecular weight excluding hydrogens is 434 g/mol. The summed E-state index contributed by atoms with van der Waals surface area (Å²) in [4.78, 5) is 46.7. The first-order valence-corrected chi connectivity index (χ1v) is 11.3. The van der Waals surface area contributed by atoms with Gasteiger partial charge in [0.2, 0.25) is 5.91 Å². The van der Waals surface area contributed by atoms with E-state index in [0.29, 0.717) is 26.8 Å². The van der Waals surface area contributed by atoms with Crippen LogP contribution in [0.15, 0.2) is 45.1 Å². The van der Waals surface area contributed by atoms with E-state index in [4.69, 9.17) is 0 Å². The van der Waals surface area contributed by atoms with Crippen molar-refractivity contribution in [2.24, 2.45) is 7.05 Å². The molecule has 0 saturated carbocycles. The van der Waals surface area contributed by atoms with Crippen LogP contribution in [-0.4, -0.2) is 31.0 Å². The molecule has 3 aromatic heterocycles. The number of aromatic nitrogens is 4. The quantitative estimate of drug-likeness (QED) is 0.356. The van der Waals surface area contributed by atoms with Crippen molar-refractivity contribution in [3.8, 4) is 5.69 Å². The molecular formula is C21H21N5O3S2. The van der Waals surface area contributed by atoms with Gasteiger partial charge in [-0.15, -0.1) is 11.3 Å². The Labute approximate surface area is 185 Å². The smallest absolute Gasteiger partial charge is 0.295 e. The molecule has 160 valence electrons.